The fourth-order valence-corrected chi connectivity index (χ4v) is 2.97. The van der Waals surface area contributed by atoms with Crippen LogP contribution in [0.5, 0.6) is 0 Å². The van der Waals surface area contributed by atoms with Crippen LogP contribution >= 0.6 is 0 Å². The summed E-state index contributed by atoms with van der Waals surface area (Å²) in [6.07, 6.45) is -0.217. The summed E-state index contributed by atoms with van der Waals surface area (Å²) >= 11 is 0. The molecule has 1 fully saturated rings. The van der Waals surface area contributed by atoms with E-state index < -0.39 is 21.2 Å². The van der Waals surface area contributed by atoms with Crippen molar-refractivity contribution in [3.05, 3.63) is 0 Å². The van der Waals surface area contributed by atoms with E-state index in [2.05, 4.69) is 0 Å². The van der Waals surface area contributed by atoms with E-state index in [1.165, 1.54) is 6.92 Å². The Morgan fingerprint density at radius 2 is 2.33 bits per heavy atom. The third-order valence-electron chi connectivity index (χ3n) is 1.87. The van der Waals surface area contributed by atoms with E-state index in [4.69, 9.17) is 9.84 Å². The van der Waals surface area contributed by atoms with Gasteiger partial charge < -0.3 is 9.84 Å². The number of rotatable bonds is 3. The molecular weight excluding hydrogens is 180 g/mol. The maximum absolute atomic E-state index is 11.4. The summed E-state index contributed by atoms with van der Waals surface area (Å²) in [6.45, 7) is 2.28. The molecule has 1 heterocycles. The van der Waals surface area contributed by atoms with Crippen LogP contribution in [0.3, 0.4) is 0 Å². The first-order chi connectivity index (χ1) is 5.52. The van der Waals surface area contributed by atoms with Gasteiger partial charge >= 0.3 is 0 Å². The zero-order valence-electron chi connectivity index (χ0n) is 7.06. The van der Waals surface area contributed by atoms with Crippen molar-refractivity contribution in [1.29, 1.82) is 0 Å². The zero-order valence-corrected chi connectivity index (χ0v) is 7.88. The molecule has 2 atom stereocenters. The van der Waals surface area contributed by atoms with Gasteiger partial charge in [-0.1, -0.05) is 0 Å². The van der Waals surface area contributed by atoms with Gasteiger partial charge in [-0.25, -0.2) is 8.42 Å². The molecule has 1 saturated heterocycles. The number of sulfone groups is 1. The Labute approximate surface area is 72.5 Å². The maximum Gasteiger partial charge on any atom is 0.158 e. The molecule has 0 radical (unpaired) electrons. The Kier molecular flexibility index (Phi) is 3.09. The SMILES string of the molecule is CC(O)CS(=O)(=O)C1CCOC1. The van der Waals surface area contributed by atoms with Crippen LogP contribution < -0.4 is 0 Å². The van der Waals surface area contributed by atoms with Gasteiger partial charge in [0.1, 0.15) is 0 Å². The molecule has 72 valence electrons. The van der Waals surface area contributed by atoms with Gasteiger partial charge in [0.25, 0.3) is 0 Å². The van der Waals surface area contributed by atoms with E-state index >= 15 is 0 Å². The number of ether oxygens (including phenoxy) is 1. The number of aliphatic hydroxyl groups excluding tert-OH is 1. The second kappa shape index (κ2) is 3.72. The summed E-state index contributed by atoms with van der Waals surface area (Å²) < 4.78 is 27.8. The van der Waals surface area contributed by atoms with Gasteiger partial charge in [0.15, 0.2) is 9.84 Å². The van der Waals surface area contributed by atoms with Crippen LogP contribution in [0.4, 0.5) is 0 Å². The fourth-order valence-electron chi connectivity index (χ4n) is 1.27. The highest BCUT2D eigenvalue weighted by Gasteiger charge is 2.30. The standard InChI is InChI=1S/C7H14O4S/c1-6(8)5-12(9,10)7-2-3-11-4-7/h6-8H,2-5H2,1H3. The summed E-state index contributed by atoms with van der Waals surface area (Å²) in [4.78, 5) is 0. The predicted molar refractivity (Wildman–Crippen MR) is 44.7 cm³/mol. The predicted octanol–water partition coefficient (Wildman–Crippen LogP) is -0.429. The summed E-state index contributed by atoms with van der Waals surface area (Å²) in [6, 6.07) is 0. The third kappa shape index (κ3) is 2.43. The van der Waals surface area contributed by atoms with Gasteiger partial charge in [0.05, 0.1) is 23.7 Å². The molecule has 0 aromatic heterocycles. The molecule has 4 nitrogen and oxygen atoms in total. The van der Waals surface area contributed by atoms with Gasteiger partial charge in [-0.05, 0) is 13.3 Å². The van der Waals surface area contributed by atoms with E-state index in [0.717, 1.165) is 0 Å². The Morgan fingerprint density at radius 1 is 1.67 bits per heavy atom. The fraction of sp³-hybridized carbons (Fsp3) is 1.00. The largest absolute Gasteiger partial charge is 0.392 e. The average molecular weight is 194 g/mol. The molecule has 0 aromatic carbocycles. The molecule has 12 heavy (non-hydrogen) atoms. The monoisotopic (exact) mass is 194 g/mol. The molecule has 0 aromatic rings. The van der Waals surface area contributed by atoms with Crippen molar-refractivity contribution >= 4 is 9.84 Å². The van der Waals surface area contributed by atoms with Crippen molar-refractivity contribution in [3.63, 3.8) is 0 Å². The molecule has 1 aliphatic rings. The first-order valence-corrected chi connectivity index (χ1v) is 5.71. The highest BCUT2D eigenvalue weighted by molar-refractivity contribution is 7.92. The van der Waals surface area contributed by atoms with Crippen LogP contribution in [0.1, 0.15) is 13.3 Å². The zero-order chi connectivity index (χ0) is 9.19. The van der Waals surface area contributed by atoms with E-state index in [9.17, 15) is 8.42 Å². The van der Waals surface area contributed by atoms with E-state index in [-0.39, 0.29) is 12.4 Å². The van der Waals surface area contributed by atoms with Gasteiger partial charge in [0.2, 0.25) is 0 Å². The normalized spacial score (nSPS) is 27.3. The lowest BCUT2D eigenvalue weighted by Gasteiger charge is -2.10. The highest BCUT2D eigenvalue weighted by Crippen LogP contribution is 2.15. The number of aliphatic hydroxyl groups is 1. The topological polar surface area (TPSA) is 63.6 Å². The molecule has 1 aliphatic heterocycles. The number of hydrogen-bond donors (Lipinski definition) is 1. The molecule has 0 amide bonds. The lowest BCUT2D eigenvalue weighted by Crippen LogP contribution is -2.29. The third-order valence-corrected chi connectivity index (χ3v) is 4.20. The van der Waals surface area contributed by atoms with Crippen molar-refractivity contribution in [1.82, 2.24) is 0 Å². The average Bonchev–Trinajstić information content (AvgIpc) is 2.32. The first-order valence-electron chi connectivity index (χ1n) is 4.00. The van der Waals surface area contributed by atoms with E-state index in [0.29, 0.717) is 13.0 Å². The van der Waals surface area contributed by atoms with Gasteiger partial charge in [-0.15, -0.1) is 0 Å². The molecule has 2 unspecified atom stereocenters. The Balaban J connectivity index is 2.58. The molecule has 0 aliphatic carbocycles. The molecule has 0 saturated carbocycles. The van der Waals surface area contributed by atoms with Gasteiger partial charge in [-0.3, -0.25) is 0 Å². The molecule has 5 heteroatoms. The Hall–Kier alpha value is -0.130. The molecule has 1 rings (SSSR count). The van der Waals surface area contributed by atoms with Crippen LogP contribution in [-0.2, 0) is 14.6 Å². The second-order valence-corrected chi connectivity index (χ2v) is 5.49. The molecular formula is C7H14O4S. The summed E-state index contributed by atoms with van der Waals surface area (Å²) in [5, 5.41) is 8.53. The lowest BCUT2D eigenvalue weighted by molar-refractivity contribution is 0.197. The van der Waals surface area contributed by atoms with Crippen molar-refractivity contribution in [2.75, 3.05) is 19.0 Å². The van der Waals surface area contributed by atoms with Crippen molar-refractivity contribution < 1.29 is 18.3 Å². The van der Waals surface area contributed by atoms with Crippen LogP contribution in [0.15, 0.2) is 0 Å². The van der Waals surface area contributed by atoms with E-state index in [1.54, 1.807) is 0 Å². The minimum absolute atomic E-state index is 0.152. The quantitative estimate of drug-likeness (QED) is 0.662. The first kappa shape index (κ1) is 9.95. The second-order valence-electron chi connectivity index (χ2n) is 3.16. The van der Waals surface area contributed by atoms with Crippen LogP contribution in [0, 0.1) is 0 Å². The summed E-state index contributed by atoms with van der Waals surface area (Å²) in [5.41, 5.74) is 0. The minimum Gasteiger partial charge on any atom is -0.392 e. The lowest BCUT2D eigenvalue weighted by atomic mass is 10.4. The summed E-state index contributed by atoms with van der Waals surface area (Å²) in [5.74, 6) is -0.152. The smallest absolute Gasteiger partial charge is 0.158 e. The molecule has 1 N–H and O–H groups in total. The highest BCUT2D eigenvalue weighted by atomic mass is 32.2. The molecule has 0 spiro atoms. The maximum atomic E-state index is 11.4. The Bertz CT molecular complexity index is 226. The van der Waals surface area contributed by atoms with Crippen molar-refractivity contribution in [2.24, 2.45) is 0 Å². The van der Waals surface area contributed by atoms with Gasteiger partial charge in [-0.2, -0.15) is 0 Å². The van der Waals surface area contributed by atoms with Gasteiger partial charge in [0, 0.05) is 6.61 Å². The van der Waals surface area contributed by atoms with E-state index in [1.807, 2.05) is 0 Å². The number of hydrogen-bond acceptors (Lipinski definition) is 4. The summed E-state index contributed by atoms with van der Waals surface area (Å²) in [7, 11) is -3.13. The van der Waals surface area contributed by atoms with Crippen LogP contribution in [-0.4, -0.2) is 43.8 Å². The van der Waals surface area contributed by atoms with Crippen LogP contribution in [0.25, 0.3) is 0 Å². The molecule has 0 bridgehead atoms. The van der Waals surface area contributed by atoms with Crippen LogP contribution in [0.2, 0.25) is 0 Å². The van der Waals surface area contributed by atoms with Crippen molar-refractivity contribution in [3.8, 4) is 0 Å². The van der Waals surface area contributed by atoms with Crippen molar-refractivity contribution in [2.45, 2.75) is 24.7 Å². The Morgan fingerprint density at radius 3 is 2.75 bits per heavy atom. The minimum atomic E-state index is -3.13.